The molecule has 0 aromatic carbocycles. The molecule has 1 fully saturated rings. The molecular weight excluding hydrogens is 352 g/mol. The Balaban J connectivity index is 2.02. The molecule has 1 rings (SSSR count). The van der Waals surface area contributed by atoms with Crippen molar-refractivity contribution in [2.45, 2.75) is 108 Å². The van der Waals surface area contributed by atoms with E-state index in [0.29, 0.717) is 0 Å². The van der Waals surface area contributed by atoms with Gasteiger partial charge in [-0.2, -0.15) is 0 Å². The van der Waals surface area contributed by atoms with Crippen LogP contribution in [0.4, 0.5) is 0 Å². The molecule has 0 aromatic rings. The van der Waals surface area contributed by atoms with Gasteiger partial charge >= 0.3 is 5.97 Å². The van der Waals surface area contributed by atoms with Gasteiger partial charge in [-0.15, -0.1) is 0 Å². The van der Waals surface area contributed by atoms with E-state index in [9.17, 15) is 20.1 Å². The molecule has 0 spiro atoms. The Morgan fingerprint density at radius 2 is 1.48 bits per heavy atom. The van der Waals surface area contributed by atoms with Crippen LogP contribution in [0.2, 0.25) is 0 Å². The summed E-state index contributed by atoms with van der Waals surface area (Å²) in [7, 11) is 0. The van der Waals surface area contributed by atoms with E-state index in [1.54, 1.807) is 0 Å². The monoisotopic (exact) mass is 390 g/mol. The van der Waals surface area contributed by atoms with Crippen molar-refractivity contribution < 1.29 is 34.7 Å². The predicted molar refractivity (Wildman–Crippen MR) is 101 cm³/mol. The lowest BCUT2D eigenvalue weighted by atomic mass is 10.1. The lowest BCUT2D eigenvalue weighted by Crippen LogP contribution is -2.47. The molecule has 1 aliphatic heterocycles. The van der Waals surface area contributed by atoms with Gasteiger partial charge < -0.3 is 29.9 Å². The molecular formula is C20H38O7. The Morgan fingerprint density at radius 1 is 0.963 bits per heavy atom. The summed E-state index contributed by atoms with van der Waals surface area (Å²) in [4.78, 5) is 11.8. The van der Waals surface area contributed by atoms with Crippen LogP contribution >= 0.6 is 0 Å². The first-order chi connectivity index (χ1) is 12.9. The summed E-state index contributed by atoms with van der Waals surface area (Å²) in [5.74, 6) is -2.66. The lowest BCUT2D eigenvalue weighted by molar-refractivity contribution is -0.253. The molecule has 0 saturated carbocycles. The Morgan fingerprint density at radius 3 is 1.96 bits per heavy atom. The van der Waals surface area contributed by atoms with Crippen LogP contribution in [0.3, 0.4) is 0 Å². The minimum atomic E-state index is -2.18. The Kier molecular flexibility index (Phi) is 12.1. The van der Waals surface area contributed by atoms with Gasteiger partial charge in [0.1, 0.15) is 24.9 Å². The minimum Gasteiger partial charge on any atom is -0.460 e. The number of unbranched alkanes of at least 4 members (excludes halogenated alkanes) is 10. The zero-order valence-corrected chi connectivity index (χ0v) is 16.6. The van der Waals surface area contributed by atoms with E-state index < -0.39 is 43.3 Å². The SMILES string of the molecule is CCCCCCCCCCCCCC(=O)OC[C@@]1(O)O[C@H](CO)[C@@H](O)[C@@H]1O. The van der Waals surface area contributed by atoms with Crippen molar-refractivity contribution in [1.82, 2.24) is 0 Å². The molecule has 0 unspecified atom stereocenters. The average Bonchev–Trinajstić information content (AvgIpc) is 2.88. The second kappa shape index (κ2) is 13.4. The summed E-state index contributed by atoms with van der Waals surface area (Å²) in [6, 6.07) is 0. The Labute approximate surface area is 162 Å². The molecule has 0 aromatic heterocycles. The summed E-state index contributed by atoms with van der Waals surface area (Å²) < 4.78 is 9.98. The van der Waals surface area contributed by atoms with E-state index in [0.717, 1.165) is 19.3 Å². The van der Waals surface area contributed by atoms with Crippen molar-refractivity contribution in [3.05, 3.63) is 0 Å². The molecule has 1 heterocycles. The third kappa shape index (κ3) is 8.87. The van der Waals surface area contributed by atoms with Gasteiger partial charge in [0.2, 0.25) is 5.79 Å². The van der Waals surface area contributed by atoms with Crippen LogP contribution in [-0.2, 0) is 14.3 Å². The number of esters is 1. The number of ether oxygens (including phenoxy) is 2. The molecule has 1 aliphatic rings. The second-order valence-corrected chi connectivity index (χ2v) is 7.57. The standard InChI is InChI=1S/C20H38O7/c1-2-3-4-5-6-7-8-9-10-11-12-13-17(22)26-15-20(25)19(24)18(23)16(14-21)27-20/h16,18-19,21,23-25H,2-15H2,1H3/t16-,18-,19+,20-/m1/s1. The van der Waals surface area contributed by atoms with Crippen LogP contribution in [0, 0.1) is 0 Å². The van der Waals surface area contributed by atoms with Crippen molar-refractivity contribution in [2.75, 3.05) is 13.2 Å². The van der Waals surface area contributed by atoms with Gasteiger partial charge in [-0.1, -0.05) is 71.1 Å². The second-order valence-electron chi connectivity index (χ2n) is 7.57. The molecule has 4 N–H and O–H groups in total. The lowest BCUT2D eigenvalue weighted by Gasteiger charge is -2.25. The number of hydrogen-bond acceptors (Lipinski definition) is 7. The van der Waals surface area contributed by atoms with Gasteiger partial charge in [-0.25, -0.2) is 0 Å². The molecule has 0 aliphatic carbocycles. The summed E-state index contributed by atoms with van der Waals surface area (Å²) in [6.45, 7) is 1.10. The zero-order chi connectivity index (χ0) is 20.1. The van der Waals surface area contributed by atoms with E-state index in [1.807, 2.05) is 0 Å². The van der Waals surface area contributed by atoms with Crippen molar-refractivity contribution >= 4 is 5.97 Å². The van der Waals surface area contributed by atoms with Crippen LogP contribution in [0.25, 0.3) is 0 Å². The molecule has 4 atom stereocenters. The van der Waals surface area contributed by atoms with E-state index in [4.69, 9.17) is 14.6 Å². The maximum atomic E-state index is 11.8. The molecule has 0 radical (unpaired) electrons. The van der Waals surface area contributed by atoms with Crippen molar-refractivity contribution in [3.8, 4) is 0 Å². The van der Waals surface area contributed by atoms with Gasteiger partial charge in [-0.05, 0) is 6.42 Å². The highest BCUT2D eigenvalue weighted by Crippen LogP contribution is 2.29. The topological polar surface area (TPSA) is 116 Å². The largest absolute Gasteiger partial charge is 0.460 e. The third-order valence-corrected chi connectivity index (χ3v) is 5.13. The molecule has 7 heteroatoms. The van der Waals surface area contributed by atoms with E-state index in [1.165, 1.54) is 51.4 Å². The quantitative estimate of drug-likeness (QED) is 0.250. The third-order valence-electron chi connectivity index (χ3n) is 5.13. The molecule has 0 amide bonds. The zero-order valence-electron chi connectivity index (χ0n) is 16.6. The van der Waals surface area contributed by atoms with Crippen LogP contribution < -0.4 is 0 Å². The highest BCUT2D eigenvalue weighted by atomic mass is 16.7. The van der Waals surface area contributed by atoms with Gasteiger partial charge in [0.25, 0.3) is 0 Å². The van der Waals surface area contributed by atoms with Gasteiger partial charge in [0.05, 0.1) is 6.61 Å². The first-order valence-corrected chi connectivity index (χ1v) is 10.5. The Hall–Kier alpha value is -0.730. The summed E-state index contributed by atoms with van der Waals surface area (Å²) >= 11 is 0. The average molecular weight is 391 g/mol. The highest BCUT2D eigenvalue weighted by molar-refractivity contribution is 5.69. The molecule has 1 saturated heterocycles. The maximum absolute atomic E-state index is 11.8. The van der Waals surface area contributed by atoms with Gasteiger partial charge in [0.15, 0.2) is 0 Å². The van der Waals surface area contributed by atoms with Crippen LogP contribution in [-0.4, -0.2) is 63.7 Å². The van der Waals surface area contributed by atoms with Crippen LogP contribution in [0.15, 0.2) is 0 Å². The predicted octanol–water partition coefficient (Wildman–Crippen LogP) is 2.03. The normalized spacial score (nSPS) is 27.8. The Bertz CT molecular complexity index is 404. The number of aliphatic hydroxyl groups excluding tert-OH is 3. The molecule has 0 bridgehead atoms. The van der Waals surface area contributed by atoms with Crippen LogP contribution in [0.1, 0.15) is 84.0 Å². The number of hydrogen-bond donors (Lipinski definition) is 4. The summed E-state index contributed by atoms with van der Waals surface area (Å²) in [5, 5.41) is 38.6. The number of carbonyl (C=O) groups excluding carboxylic acids is 1. The van der Waals surface area contributed by atoms with Crippen molar-refractivity contribution in [2.24, 2.45) is 0 Å². The first-order valence-electron chi connectivity index (χ1n) is 10.5. The van der Waals surface area contributed by atoms with Crippen LogP contribution in [0.5, 0.6) is 0 Å². The number of carbonyl (C=O) groups is 1. The van der Waals surface area contributed by atoms with E-state index >= 15 is 0 Å². The first kappa shape index (κ1) is 24.3. The fourth-order valence-corrected chi connectivity index (χ4v) is 3.33. The number of aliphatic hydroxyl groups is 4. The van der Waals surface area contributed by atoms with Gasteiger partial charge in [-0.3, -0.25) is 4.79 Å². The fourth-order valence-electron chi connectivity index (χ4n) is 3.33. The molecule has 160 valence electrons. The minimum absolute atomic E-state index is 0.245. The van der Waals surface area contributed by atoms with Crippen molar-refractivity contribution in [1.29, 1.82) is 0 Å². The summed E-state index contributed by atoms with van der Waals surface area (Å²) in [5.41, 5.74) is 0. The number of rotatable bonds is 15. The highest BCUT2D eigenvalue weighted by Gasteiger charge is 2.54. The molecule has 7 nitrogen and oxygen atoms in total. The van der Waals surface area contributed by atoms with E-state index in [-0.39, 0.29) is 6.42 Å². The van der Waals surface area contributed by atoms with E-state index in [2.05, 4.69) is 6.92 Å². The van der Waals surface area contributed by atoms with Crippen molar-refractivity contribution in [3.63, 3.8) is 0 Å². The fraction of sp³-hybridized carbons (Fsp3) is 0.950. The summed E-state index contributed by atoms with van der Waals surface area (Å²) in [6.07, 6.45) is 9.17. The molecule has 27 heavy (non-hydrogen) atoms. The maximum Gasteiger partial charge on any atom is 0.305 e. The smallest absolute Gasteiger partial charge is 0.305 e. The van der Waals surface area contributed by atoms with Gasteiger partial charge in [0, 0.05) is 6.42 Å².